The van der Waals surface area contributed by atoms with E-state index in [1.54, 1.807) is 6.92 Å². The summed E-state index contributed by atoms with van der Waals surface area (Å²) >= 11 is 0. The lowest BCUT2D eigenvalue weighted by molar-refractivity contribution is 0.447. The van der Waals surface area contributed by atoms with Crippen LogP contribution in [0.25, 0.3) is 11.4 Å². The number of nitrogens with zero attached hydrogens (tertiary/aromatic N) is 2. The van der Waals surface area contributed by atoms with Gasteiger partial charge in [0.1, 0.15) is 5.82 Å². The minimum atomic E-state index is -1.52. The lowest BCUT2D eigenvalue weighted by Gasteiger charge is -2.13. The Morgan fingerprint density at radius 1 is 1.05 bits per heavy atom. The van der Waals surface area contributed by atoms with E-state index < -0.39 is 17.5 Å². The molecule has 1 aromatic carbocycles. The molecular weight excluding hydrogens is 267 g/mol. The summed E-state index contributed by atoms with van der Waals surface area (Å²) in [6, 6.07) is 1.70. The van der Waals surface area contributed by atoms with Gasteiger partial charge in [0.2, 0.25) is 0 Å². The molecule has 2 N–H and O–H groups in total. The molecule has 0 atom stereocenters. The Kier molecular flexibility index (Phi) is 3.65. The zero-order valence-corrected chi connectivity index (χ0v) is 11.3. The summed E-state index contributed by atoms with van der Waals surface area (Å²) in [5.41, 5.74) is 7.32. The summed E-state index contributed by atoms with van der Waals surface area (Å²) in [5, 5.41) is 0. The summed E-state index contributed by atoms with van der Waals surface area (Å²) < 4.78 is 39.4. The van der Waals surface area contributed by atoms with Gasteiger partial charge in [0.15, 0.2) is 23.3 Å². The monoisotopic (exact) mass is 281 g/mol. The highest BCUT2D eigenvalue weighted by molar-refractivity contribution is 5.59. The third kappa shape index (κ3) is 2.45. The van der Waals surface area contributed by atoms with Gasteiger partial charge in [0.25, 0.3) is 0 Å². The molecule has 0 fully saturated rings. The van der Waals surface area contributed by atoms with E-state index in [9.17, 15) is 13.2 Å². The van der Waals surface area contributed by atoms with Gasteiger partial charge in [-0.25, -0.2) is 23.1 Å². The van der Waals surface area contributed by atoms with E-state index in [1.165, 1.54) is 0 Å². The Balaban J connectivity index is 2.60. The molecule has 0 saturated heterocycles. The van der Waals surface area contributed by atoms with Crippen LogP contribution in [-0.2, 0) is 0 Å². The molecule has 0 aliphatic rings. The average molecular weight is 281 g/mol. The van der Waals surface area contributed by atoms with Gasteiger partial charge in [0, 0.05) is 16.8 Å². The van der Waals surface area contributed by atoms with E-state index in [-0.39, 0.29) is 23.1 Å². The maximum atomic E-state index is 13.2. The number of hydrogen-bond acceptors (Lipinski definition) is 3. The molecule has 0 unspecified atom stereocenters. The molecule has 0 bridgehead atoms. The van der Waals surface area contributed by atoms with Crippen molar-refractivity contribution < 1.29 is 13.2 Å². The Hall–Kier alpha value is -2.11. The smallest absolute Gasteiger partial charge is 0.194 e. The third-order valence-electron chi connectivity index (χ3n) is 2.99. The fourth-order valence-electron chi connectivity index (χ4n) is 2.13. The average Bonchev–Trinajstić information content (AvgIpc) is 2.33. The van der Waals surface area contributed by atoms with Crippen LogP contribution in [0.15, 0.2) is 12.1 Å². The zero-order chi connectivity index (χ0) is 15.0. The predicted molar refractivity (Wildman–Crippen MR) is 70.6 cm³/mol. The summed E-state index contributed by atoms with van der Waals surface area (Å²) in [4.78, 5) is 8.24. The molecule has 0 aliphatic carbocycles. The van der Waals surface area contributed by atoms with Gasteiger partial charge < -0.3 is 5.73 Å². The van der Waals surface area contributed by atoms with Gasteiger partial charge in [-0.2, -0.15) is 0 Å². The minimum absolute atomic E-state index is 0.0477. The second-order valence-electron chi connectivity index (χ2n) is 4.84. The second kappa shape index (κ2) is 5.11. The van der Waals surface area contributed by atoms with E-state index in [0.717, 1.165) is 17.7 Å². The van der Waals surface area contributed by atoms with Crippen LogP contribution in [-0.4, -0.2) is 9.97 Å². The Labute approximate surface area is 114 Å². The molecule has 1 aromatic heterocycles. The van der Waals surface area contributed by atoms with Crippen LogP contribution in [0, 0.1) is 24.4 Å². The number of hydrogen-bond donors (Lipinski definition) is 1. The molecule has 1 heterocycles. The molecule has 2 aromatic rings. The molecule has 106 valence electrons. The number of benzene rings is 1. The third-order valence-corrected chi connectivity index (χ3v) is 2.99. The van der Waals surface area contributed by atoms with E-state index in [0.29, 0.717) is 5.69 Å². The molecule has 0 radical (unpaired) electrons. The van der Waals surface area contributed by atoms with Gasteiger partial charge in [-0.15, -0.1) is 0 Å². The Morgan fingerprint density at radius 2 is 1.60 bits per heavy atom. The summed E-state index contributed by atoms with van der Waals surface area (Å²) in [6.07, 6.45) is 0. The minimum Gasteiger partial charge on any atom is -0.383 e. The molecule has 2 rings (SSSR count). The van der Waals surface area contributed by atoms with Crippen molar-refractivity contribution >= 4 is 5.82 Å². The number of rotatable bonds is 2. The van der Waals surface area contributed by atoms with Crippen LogP contribution in [0.5, 0.6) is 0 Å². The van der Waals surface area contributed by atoms with Crippen LogP contribution < -0.4 is 5.73 Å². The van der Waals surface area contributed by atoms with Gasteiger partial charge in [0.05, 0.1) is 0 Å². The fourth-order valence-corrected chi connectivity index (χ4v) is 2.13. The van der Waals surface area contributed by atoms with Crippen LogP contribution in [0.1, 0.15) is 31.0 Å². The summed E-state index contributed by atoms with van der Waals surface area (Å²) in [5.74, 6) is -3.63. The van der Waals surface area contributed by atoms with Crippen LogP contribution >= 0.6 is 0 Å². The van der Waals surface area contributed by atoms with Gasteiger partial charge in [-0.3, -0.25) is 0 Å². The standard InChI is InChI=1S/C14H14F3N3/c1-6(2)11-7(3)19-14(20-13(11)18)8-4-9(15)12(17)10(16)5-8/h4-6H,1-3H3,(H2,18,19,20). The molecule has 6 heteroatoms. The van der Waals surface area contributed by atoms with E-state index in [4.69, 9.17) is 5.73 Å². The maximum Gasteiger partial charge on any atom is 0.194 e. The molecular formula is C14H14F3N3. The molecule has 3 nitrogen and oxygen atoms in total. The number of anilines is 1. The number of halogens is 3. The number of nitrogens with two attached hydrogens (primary N) is 1. The number of nitrogen functional groups attached to an aromatic ring is 1. The van der Waals surface area contributed by atoms with Crippen molar-refractivity contribution in [1.82, 2.24) is 9.97 Å². The van der Waals surface area contributed by atoms with Crippen molar-refractivity contribution in [2.45, 2.75) is 26.7 Å². The molecule has 0 spiro atoms. The molecule has 0 saturated carbocycles. The largest absolute Gasteiger partial charge is 0.383 e. The highest BCUT2D eigenvalue weighted by Gasteiger charge is 2.16. The summed E-state index contributed by atoms with van der Waals surface area (Å²) in [6.45, 7) is 5.63. The lowest BCUT2D eigenvalue weighted by Crippen LogP contribution is -2.07. The van der Waals surface area contributed by atoms with Crippen LogP contribution in [0.3, 0.4) is 0 Å². The van der Waals surface area contributed by atoms with Crippen molar-refractivity contribution in [3.05, 3.63) is 40.8 Å². The highest BCUT2D eigenvalue weighted by Crippen LogP contribution is 2.27. The number of aryl methyl sites for hydroxylation is 1. The summed E-state index contributed by atoms with van der Waals surface area (Å²) in [7, 11) is 0. The Morgan fingerprint density at radius 3 is 2.05 bits per heavy atom. The first-order valence-corrected chi connectivity index (χ1v) is 6.10. The van der Waals surface area contributed by atoms with E-state index in [2.05, 4.69) is 9.97 Å². The first kappa shape index (κ1) is 14.3. The first-order valence-electron chi connectivity index (χ1n) is 6.10. The highest BCUT2D eigenvalue weighted by atomic mass is 19.2. The lowest BCUT2D eigenvalue weighted by atomic mass is 10.0. The van der Waals surface area contributed by atoms with Crippen LogP contribution in [0.4, 0.5) is 19.0 Å². The van der Waals surface area contributed by atoms with Crippen molar-refractivity contribution in [1.29, 1.82) is 0 Å². The maximum absolute atomic E-state index is 13.2. The second-order valence-corrected chi connectivity index (χ2v) is 4.84. The van der Waals surface area contributed by atoms with Crippen molar-refractivity contribution in [2.75, 3.05) is 5.73 Å². The number of aromatic nitrogens is 2. The molecule has 0 aliphatic heterocycles. The quantitative estimate of drug-likeness (QED) is 0.856. The molecule has 0 amide bonds. The van der Waals surface area contributed by atoms with Gasteiger partial charge in [-0.1, -0.05) is 13.8 Å². The van der Waals surface area contributed by atoms with Gasteiger partial charge >= 0.3 is 0 Å². The zero-order valence-electron chi connectivity index (χ0n) is 11.3. The fraction of sp³-hybridized carbons (Fsp3) is 0.286. The van der Waals surface area contributed by atoms with Crippen LogP contribution in [0.2, 0.25) is 0 Å². The van der Waals surface area contributed by atoms with Crippen molar-refractivity contribution in [3.63, 3.8) is 0 Å². The van der Waals surface area contributed by atoms with E-state index in [1.807, 2.05) is 13.8 Å². The van der Waals surface area contributed by atoms with Crippen molar-refractivity contribution in [2.24, 2.45) is 0 Å². The first-order chi connectivity index (χ1) is 9.31. The SMILES string of the molecule is Cc1nc(-c2cc(F)c(F)c(F)c2)nc(N)c1C(C)C. The molecule has 20 heavy (non-hydrogen) atoms. The normalized spacial score (nSPS) is 11.2. The predicted octanol–water partition coefficient (Wildman–Crippen LogP) is 3.57. The van der Waals surface area contributed by atoms with Gasteiger partial charge in [-0.05, 0) is 25.0 Å². The Bertz CT molecular complexity index is 623. The van der Waals surface area contributed by atoms with Crippen molar-refractivity contribution in [3.8, 4) is 11.4 Å². The topological polar surface area (TPSA) is 51.8 Å². The van der Waals surface area contributed by atoms with E-state index >= 15 is 0 Å².